The van der Waals surface area contributed by atoms with Crippen molar-refractivity contribution in [2.45, 2.75) is 46.8 Å². The van der Waals surface area contributed by atoms with Crippen LogP contribution in [0.5, 0.6) is 0 Å². The van der Waals surface area contributed by atoms with Crippen LogP contribution in [0.3, 0.4) is 0 Å². The van der Waals surface area contributed by atoms with Crippen LogP contribution in [0.15, 0.2) is 0 Å². The molecule has 0 radical (unpaired) electrons. The summed E-state index contributed by atoms with van der Waals surface area (Å²) < 4.78 is 6.65. The van der Waals surface area contributed by atoms with E-state index in [9.17, 15) is 9.59 Å². The lowest BCUT2D eigenvalue weighted by molar-refractivity contribution is -0.130. The van der Waals surface area contributed by atoms with Crippen LogP contribution in [0, 0.1) is 6.92 Å². The summed E-state index contributed by atoms with van der Waals surface area (Å²) in [6.45, 7) is 9.60. The molecule has 1 aromatic heterocycles. The molecule has 112 valence electrons. The molecular formula is C13H22N4O3. The number of carbonyl (C=O) groups excluding carboxylic acids is 2. The third kappa shape index (κ3) is 4.04. The normalized spacial score (nSPS) is 11.3. The van der Waals surface area contributed by atoms with Gasteiger partial charge in [-0.25, -0.2) is 9.48 Å². The molecule has 1 heterocycles. The molecule has 0 saturated heterocycles. The third-order valence-electron chi connectivity index (χ3n) is 2.76. The van der Waals surface area contributed by atoms with Crippen molar-refractivity contribution in [2.24, 2.45) is 0 Å². The minimum atomic E-state index is -0.592. The van der Waals surface area contributed by atoms with E-state index in [0.29, 0.717) is 12.2 Å². The summed E-state index contributed by atoms with van der Waals surface area (Å²) in [7, 11) is 1.71. The molecule has 1 aromatic rings. The summed E-state index contributed by atoms with van der Waals surface area (Å²) in [6, 6.07) is 0. The highest BCUT2D eigenvalue weighted by Crippen LogP contribution is 2.13. The van der Waals surface area contributed by atoms with E-state index in [2.05, 4.69) is 10.3 Å². The molecule has 0 aliphatic heterocycles. The van der Waals surface area contributed by atoms with Crippen LogP contribution < -0.4 is 0 Å². The molecule has 0 aliphatic rings. The molecule has 0 unspecified atom stereocenters. The SMILES string of the molecule is CCN(C)C(=O)Cn1nnc(C(=O)OC(C)(C)C)c1C. The van der Waals surface area contributed by atoms with E-state index in [1.54, 1.807) is 39.6 Å². The molecule has 7 heteroatoms. The zero-order valence-electron chi connectivity index (χ0n) is 12.9. The quantitative estimate of drug-likeness (QED) is 0.770. The van der Waals surface area contributed by atoms with Gasteiger partial charge in [-0.3, -0.25) is 4.79 Å². The molecule has 1 rings (SSSR count). The molecule has 0 atom stereocenters. The summed E-state index contributed by atoms with van der Waals surface area (Å²) >= 11 is 0. The van der Waals surface area contributed by atoms with Gasteiger partial charge in [0.15, 0.2) is 5.69 Å². The van der Waals surface area contributed by atoms with Crippen LogP contribution in [0.4, 0.5) is 0 Å². The number of aromatic nitrogens is 3. The van der Waals surface area contributed by atoms with Gasteiger partial charge in [-0.1, -0.05) is 5.21 Å². The van der Waals surface area contributed by atoms with E-state index in [4.69, 9.17) is 4.74 Å². The van der Waals surface area contributed by atoms with Crippen molar-refractivity contribution < 1.29 is 14.3 Å². The second-order valence-corrected chi connectivity index (χ2v) is 5.59. The summed E-state index contributed by atoms with van der Waals surface area (Å²) in [4.78, 5) is 25.3. The summed E-state index contributed by atoms with van der Waals surface area (Å²) in [5, 5.41) is 7.65. The molecule has 0 aliphatic carbocycles. The van der Waals surface area contributed by atoms with Crippen LogP contribution in [-0.4, -0.2) is 51.0 Å². The summed E-state index contributed by atoms with van der Waals surface area (Å²) in [5.41, 5.74) is 0.0786. The lowest BCUT2D eigenvalue weighted by atomic mass is 10.2. The predicted octanol–water partition coefficient (Wildman–Crippen LogP) is 1.02. The molecule has 7 nitrogen and oxygen atoms in total. The monoisotopic (exact) mass is 282 g/mol. The number of carbonyl (C=O) groups is 2. The Labute approximate surface area is 118 Å². The number of likely N-dealkylation sites (N-methyl/N-ethyl adjacent to an activating group) is 1. The number of ether oxygens (including phenoxy) is 1. The fourth-order valence-corrected chi connectivity index (χ4v) is 1.45. The topological polar surface area (TPSA) is 77.3 Å². The number of hydrogen-bond donors (Lipinski definition) is 0. The van der Waals surface area contributed by atoms with Gasteiger partial charge in [0, 0.05) is 13.6 Å². The van der Waals surface area contributed by atoms with Crippen LogP contribution >= 0.6 is 0 Å². The Bertz CT molecular complexity index is 502. The molecule has 0 fully saturated rings. The fraction of sp³-hybridized carbons (Fsp3) is 0.692. The van der Waals surface area contributed by atoms with Crippen LogP contribution in [0.1, 0.15) is 43.9 Å². The average Bonchev–Trinajstić information content (AvgIpc) is 2.68. The third-order valence-corrected chi connectivity index (χ3v) is 2.76. The van der Waals surface area contributed by atoms with Gasteiger partial charge in [-0.2, -0.15) is 0 Å². The van der Waals surface area contributed by atoms with Crippen molar-refractivity contribution in [2.75, 3.05) is 13.6 Å². The van der Waals surface area contributed by atoms with Crippen molar-refractivity contribution >= 4 is 11.9 Å². The first kappa shape index (κ1) is 16.1. The Morgan fingerprint density at radius 2 is 1.95 bits per heavy atom. The average molecular weight is 282 g/mol. The molecule has 0 bridgehead atoms. The maximum absolute atomic E-state index is 11.9. The van der Waals surface area contributed by atoms with E-state index < -0.39 is 11.6 Å². The second-order valence-electron chi connectivity index (χ2n) is 5.59. The smallest absolute Gasteiger partial charge is 0.361 e. The maximum Gasteiger partial charge on any atom is 0.361 e. The second kappa shape index (κ2) is 6.02. The molecule has 0 N–H and O–H groups in total. The number of amides is 1. The van der Waals surface area contributed by atoms with Crippen molar-refractivity contribution in [3.05, 3.63) is 11.4 Å². The van der Waals surface area contributed by atoms with Gasteiger partial charge in [0.2, 0.25) is 5.91 Å². The standard InChI is InChI=1S/C13H22N4O3/c1-7-16(6)10(18)8-17-9(2)11(14-15-17)12(19)20-13(3,4)5/h7-8H2,1-6H3. The van der Waals surface area contributed by atoms with E-state index in [1.807, 2.05) is 6.92 Å². The van der Waals surface area contributed by atoms with Crippen molar-refractivity contribution in [3.8, 4) is 0 Å². The van der Waals surface area contributed by atoms with E-state index in [-0.39, 0.29) is 18.1 Å². The van der Waals surface area contributed by atoms with Crippen LogP contribution in [0.2, 0.25) is 0 Å². The largest absolute Gasteiger partial charge is 0.455 e. The fourth-order valence-electron chi connectivity index (χ4n) is 1.45. The first-order valence-electron chi connectivity index (χ1n) is 6.53. The Kier molecular flexibility index (Phi) is 4.86. The number of esters is 1. The highest BCUT2D eigenvalue weighted by atomic mass is 16.6. The molecule has 1 amide bonds. The Balaban J connectivity index is 2.85. The number of hydrogen-bond acceptors (Lipinski definition) is 5. The Hall–Kier alpha value is -1.92. The Morgan fingerprint density at radius 3 is 2.45 bits per heavy atom. The lowest BCUT2D eigenvalue weighted by Crippen LogP contribution is -2.30. The first-order chi connectivity index (χ1) is 9.15. The van der Waals surface area contributed by atoms with Crippen molar-refractivity contribution in [1.29, 1.82) is 0 Å². The van der Waals surface area contributed by atoms with E-state index in [0.717, 1.165) is 0 Å². The highest BCUT2D eigenvalue weighted by molar-refractivity contribution is 5.88. The highest BCUT2D eigenvalue weighted by Gasteiger charge is 2.24. The molecule has 20 heavy (non-hydrogen) atoms. The molecule has 0 aromatic carbocycles. The molecule has 0 spiro atoms. The van der Waals surface area contributed by atoms with Crippen LogP contribution in [-0.2, 0) is 16.1 Å². The minimum absolute atomic E-state index is 0.0615. The Morgan fingerprint density at radius 1 is 1.35 bits per heavy atom. The van der Waals surface area contributed by atoms with Crippen LogP contribution in [0.25, 0.3) is 0 Å². The molecule has 0 saturated carbocycles. The van der Waals surface area contributed by atoms with E-state index in [1.165, 1.54) is 4.68 Å². The van der Waals surface area contributed by atoms with Crippen molar-refractivity contribution in [1.82, 2.24) is 19.9 Å². The maximum atomic E-state index is 11.9. The van der Waals surface area contributed by atoms with Gasteiger partial charge in [0.1, 0.15) is 12.1 Å². The summed E-state index contributed by atoms with van der Waals surface area (Å²) in [6.07, 6.45) is 0. The summed E-state index contributed by atoms with van der Waals surface area (Å²) in [5.74, 6) is -0.617. The lowest BCUT2D eigenvalue weighted by Gasteiger charge is -2.18. The number of rotatable bonds is 4. The van der Waals surface area contributed by atoms with Gasteiger partial charge in [0.05, 0.1) is 5.69 Å². The zero-order chi connectivity index (χ0) is 15.5. The first-order valence-corrected chi connectivity index (χ1v) is 6.53. The van der Waals surface area contributed by atoms with Gasteiger partial charge >= 0.3 is 5.97 Å². The van der Waals surface area contributed by atoms with E-state index >= 15 is 0 Å². The number of nitrogens with zero attached hydrogens (tertiary/aromatic N) is 4. The van der Waals surface area contributed by atoms with Gasteiger partial charge < -0.3 is 9.64 Å². The van der Waals surface area contributed by atoms with Gasteiger partial charge in [0.25, 0.3) is 0 Å². The van der Waals surface area contributed by atoms with Gasteiger partial charge in [-0.05, 0) is 34.6 Å². The zero-order valence-corrected chi connectivity index (χ0v) is 12.9. The van der Waals surface area contributed by atoms with Crippen molar-refractivity contribution in [3.63, 3.8) is 0 Å². The predicted molar refractivity (Wildman–Crippen MR) is 73.2 cm³/mol. The van der Waals surface area contributed by atoms with Gasteiger partial charge in [-0.15, -0.1) is 5.10 Å². The molecular weight excluding hydrogens is 260 g/mol. The minimum Gasteiger partial charge on any atom is -0.455 e.